The average Bonchev–Trinajstić information content (AvgIpc) is 2.51. The van der Waals surface area contributed by atoms with Crippen LogP contribution in [0, 0.1) is 6.92 Å². The molecule has 0 saturated heterocycles. The Labute approximate surface area is 112 Å². The number of likely N-dealkylation sites (N-methyl/N-ethyl adjacent to an activating group) is 1. The smallest absolute Gasteiger partial charge is 0.246 e. The summed E-state index contributed by atoms with van der Waals surface area (Å²) in [4.78, 5) is 12.9. The number of nitrogens with one attached hydrogen (secondary N) is 1. The van der Waals surface area contributed by atoms with E-state index in [9.17, 15) is 13.2 Å². The number of sulfonamides is 1. The Kier molecular flexibility index (Phi) is 4.21. The summed E-state index contributed by atoms with van der Waals surface area (Å²) < 4.78 is 28.1. The van der Waals surface area contributed by atoms with Gasteiger partial charge in [0, 0.05) is 21.1 Å². The largest absolute Gasteiger partial charge is 0.381 e. The average molecular weight is 289 g/mol. The van der Waals surface area contributed by atoms with E-state index in [1.54, 1.807) is 28.1 Å². The predicted octanol–water partition coefficient (Wildman–Crippen LogP) is -0.934. The minimum absolute atomic E-state index is 0.0861. The number of hydrogen-bond acceptors (Lipinski definition) is 5. The molecule has 1 heterocycles. The molecule has 1 atom stereocenters. The van der Waals surface area contributed by atoms with Gasteiger partial charge in [0.05, 0.1) is 11.7 Å². The first-order valence-corrected chi connectivity index (χ1v) is 7.08. The highest BCUT2D eigenvalue weighted by Gasteiger charge is 2.28. The molecule has 0 fully saturated rings. The SMILES string of the molecule is Cc1c(S(=O)(=O)NC(C)C(=O)N(C)C)c(N)nn1C. The second-order valence-electron chi connectivity index (χ2n) is 4.50. The third-order valence-electron chi connectivity index (χ3n) is 2.72. The van der Waals surface area contributed by atoms with E-state index in [4.69, 9.17) is 5.73 Å². The van der Waals surface area contributed by atoms with Crippen LogP contribution >= 0.6 is 0 Å². The van der Waals surface area contributed by atoms with Crippen LogP contribution in [0.25, 0.3) is 0 Å². The van der Waals surface area contributed by atoms with Crippen molar-refractivity contribution in [2.45, 2.75) is 24.8 Å². The molecule has 3 N–H and O–H groups in total. The van der Waals surface area contributed by atoms with Gasteiger partial charge in [-0.3, -0.25) is 9.48 Å². The van der Waals surface area contributed by atoms with E-state index in [0.29, 0.717) is 5.69 Å². The van der Waals surface area contributed by atoms with Crippen molar-refractivity contribution in [3.63, 3.8) is 0 Å². The second-order valence-corrected chi connectivity index (χ2v) is 6.15. The van der Waals surface area contributed by atoms with E-state index >= 15 is 0 Å². The standard InChI is InChI=1S/C10H19N5O3S/c1-6(10(16)14(3)4)13-19(17,18)8-7(2)15(5)12-9(8)11/h6,13H,1-5H3,(H2,11,12). The molecule has 1 aromatic heterocycles. The van der Waals surface area contributed by atoms with Gasteiger partial charge >= 0.3 is 0 Å². The first kappa shape index (κ1) is 15.4. The molecule has 0 spiro atoms. The van der Waals surface area contributed by atoms with Gasteiger partial charge in [-0.15, -0.1) is 0 Å². The lowest BCUT2D eigenvalue weighted by Gasteiger charge is -2.18. The Bertz CT molecular complexity index is 591. The van der Waals surface area contributed by atoms with Crippen LogP contribution in [0.2, 0.25) is 0 Å². The summed E-state index contributed by atoms with van der Waals surface area (Å²) in [6, 6.07) is -0.876. The van der Waals surface area contributed by atoms with Crippen molar-refractivity contribution in [2.24, 2.45) is 7.05 Å². The number of anilines is 1. The lowest BCUT2D eigenvalue weighted by Crippen LogP contribution is -2.44. The number of rotatable bonds is 4. The fourth-order valence-corrected chi connectivity index (χ4v) is 3.20. The van der Waals surface area contributed by atoms with Gasteiger partial charge in [-0.1, -0.05) is 0 Å². The van der Waals surface area contributed by atoms with Crippen molar-refractivity contribution < 1.29 is 13.2 Å². The van der Waals surface area contributed by atoms with Gasteiger partial charge in [0.2, 0.25) is 15.9 Å². The van der Waals surface area contributed by atoms with Crippen molar-refractivity contribution >= 4 is 21.7 Å². The topological polar surface area (TPSA) is 110 Å². The van der Waals surface area contributed by atoms with E-state index in [2.05, 4.69) is 9.82 Å². The maximum absolute atomic E-state index is 12.2. The van der Waals surface area contributed by atoms with Gasteiger partial charge in [0.1, 0.15) is 4.90 Å². The molecule has 1 aromatic rings. The highest BCUT2D eigenvalue weighted by molar-refractivity contribution is 7.89. The van der Waals surface area contributed by atoms with Crippen LogP contribution in [0.1, 0.15) is 12.6 Å². The summed E-state index contributed by atoms with van der Waals surface area (Å²) in [6.45, 7) is 3.07. The molecule has 0 aliphatic rings. The van der Waals surface area contributed by atoms with E-state index in [-0.39, 0.29) is 16.6 Å². The fraction of sp³-hybridized carbons (Fsp3) is 0.600. The van der Waals surface area contributed by atoms with Crippen LogP contribution < -0.4 is 10.5 Å². The maximum atomic E-state index is 12.2. The Morgan fingerprint density at radius 2 is 2.00 bits per heavy atom. The van der Waals surface area contributed by atoms with E-state index in [1.807, 2.05) is 0 Å². The summed E-state index contributed by atoms with van der Waals surface area (Å²) in [5, 5.41) is 3.84. The molecule has 1 amide bonds. The normalized spacial score (nSPS) is 13.3. The Morgan fingerprint density at radius 1 is 1.47 bits per heavy atom. The number of aromatic nitrogens is 2. The first-order chi connectivity index (χ1) is 8.58. The predicted molar refractivity (Wildman–Crippen MR) is 70.8 cm³/mol. The van der Waals surface area contributed by atoms with E-state index in [0.717, 1.165) is 0 Å². The molecule has 1 rings (SSSR count). The number of carbonyl (C=O) groups is 1. The fourth-order valence-electron chi connectivity index (χ4n) is 1.68. The summed E-state index contributed by atoms with van der Waals surface area (Å²) >= 11 is 0. The Balaban J connectivity index is 3.09. The molecule has 8 nitrogen and oxygen atoms in total. The second kappa shape index (κ2) is 5.17. The zero-order valence-corrected chi connectivity index (χ0v) is 12.4. The highest BCUT2D eigenvalue weighted by atomic mass is 32.2. The molecule has 19 heavy (non-hydrogen) atoms. The molecule has 1 unspecified atom stereocenters. The summed E-state index contributed by atoms with van der Waals surface area (Å²) in [5.74, 6) is -0.430. The van der Waals surface area contributed by atoms with Crippen LogP contribution in [-0.2, 0) is 21.9 Å². The third kappa shape index (κ3) is 3.04. The quantitative estimate of drug-likeness (QED) is 0.743. The molecule has 0 aliphatic carbocycles. The number of amides is 1. The highest BCUT2D eigenvalue weighted by Crippen LogP contribution is 2.21. The monoisotopic (exact) mass is 289 g/mol. The van der Waals surface area contributed by atoms with Gasteiger partial charge in [-0.05, 0) is 13.8 Å². The molecule has 108 valence electrons. The zero-order chi connectivity index (χ0) is 15.0. The third-order valence-corrected chi connectivity index (χ3v) is 4.42. The zero-order valence-electron chi connectivity index (χ0n) is 11.6. The van der Waals surface area contributed by atoms with Crippen LogP contribution in [0.5, 0.6) is 0 Å². The van der Waals surface area contributed by atoms with Crippen molar-refractivity contribution in [3.05, 3.63) is 5.69 Å². The van der Waals surface area contributed by atoms with Crippen LogP contribution in [-0.4, -0.2) is 49.1 Å². The number of nitrogen functional groups attached to an aromatic ring is 1. The first-order valence-electron chi connectivity index (χ1n) is 5.60. The molecule has 0 aromatic carbocycles. The van der Waals surface area contributed by atoms with Crippen molar-refractivity contribution in [1.29, 1.82) is 0 Å². The van der Waals surface area contributed by atoms with Crippen molar-refractivity contribution in [1.82, 2.24) is 19.4 Å². The van der Waals surface area contributed by atoms with E-state index in [1.165, 1.54) is 16.5 Å². The number of nitrogens with two attached hydrogens (primary N) is 1. The number of carbonyl (C=O) groups excluding carboxylic acids is 1. The molecular formula is C10H19N5O3S. The van der Waals surface area contributed by atoms with Crippen LogP contribution in [0.3, 0.4) is 0 Å². The molecule has 0 saturated carbocycles. The molecule has 0 radical (unpaired) electrons. The molecule has 0 aliphatic heterocycles. The lowest BCUT2D eigenvalue weighted by atomic mass is 10.3. The van der Waals surface area contributed by atoms with Gasteiger partial charge in [0.15, 0.2) is 5.82 Å². The number of hydrogen-bond donors (Lipinski definition) is 2. The number of nitrogens with zero attached hydrogens (tertiary/aromatic N) is 3. The minimum Gasteiger partial charge on any atom is -0.381 e. The molecular weight excluding hydrogens is 270 g/mol. The van der Waals surface area contributed by atoms with Crippen LogP contribution in [0.4, 0.5) is 5.82 Å². The number of aryl methyl sites for hydroxylation is 1. The minimum atomic E-state index is -3.88. The summed E-state index contributed by atoms with van der Waals surface area (Å²) in [7, 11) is 0.817. The van der Waals surface area contributed by atoms with E-state index < -0.39 is 16.1 Å². The maximum Gasteiger partial charge on any atom is 0.246 e. The van der Waals surface area contributed by atoms with Gasteiger partial charge in [-0.2, -0.15) is 9.82 Å². The lowest BCUT2D eigenvalue weighted by molar-refractivity contribution is -0.130. The molecule has 9 heteroatoms. The molecule has 0 bridgehead atoms. The summed E-state index contributed by atoms with van der Waals surface area (Å²) in [5.41, 5.74) is 6.01. The van der Waals surface area contributed by atoms with Gasteiger partial charge in [0.25, 0.3) is 0 Å². The van der Waals surface area contributed by atoms with Gasteiger partial charge < -0.3 is 10.6 Å². The Morgan fingerprint density at radius 3 is 2.37 bits per heavy atom. The van der Waals surface area contributed by atoms with Crippen LogP contribution in [0.15, 0.2) is 4.90 Å². The van der Waals surface area contributed by atoms with Gasteiger partial charge in [-0.25, -0.2) is 8.42 Å². The van der Waals surface area contributed by atoms with Crippen molar-refractivity contribution in [3.8, 4) is 0 Å². The summed E-state index contributed by atoms with van der Waals surface area (Å²) in [6.07, 6.45) is 0. The van der Waals surface area contributed by atoms with Crippen molar-refractivity contribution in [2.75, 3.05) is 19.8 Å². The Hall–Kier alpha value is -1.61.